The molecule has 1 aromatic heterocycles. The van der Waals surface area contributed by atoms with Crippen molar-refractivity contribution in [1.29, 1.82) is 0 Å². The third kappa shape index (κ3) is 3.42. The molecule has 2 N–H and O–H groups in total. The zero-order valence-electron chi connectivity index (χ0n) is 14.3. The SMILES string of the molecule is CN=C(NCc1c(C)noc1C)NCC1(c2ccc(F)cc2)CC1. The van der Waals surface area contributed by atoms with E-state index in [9.17, 15) is 4.39 Å². The van der Waals surface area contributed by atoms with Crippen molar-refractivity contribution >= 4 is 5.96 Å². The number of aryl methyl sites for hydroxylation is 2. The highest BCUT2D eigenvalue weighted by Crippen LogP contribution is 2.47. The van der Waals surface area contributed by atoms with E-state index in [4.69, 9.17) is 4.52 Å². The lowest BCUT2D eigenvalue weighted by molar-refractivity contribution is 0.392. The highest BCUT2D eigenvalue weighted by atomic mass is 19.1. The third-order valence-electron chi connectivity index (χ3n) is 4.74. The lowest BCUT2D eigenvalue weighted by Gasteiger charge is -2.19. The quantitative estimate of drug-likeness (QED) is 0.654. The molecule has 1 fully saturated rings. The summed E-state index contributed by atoms with van der Waals surface area (Å²) in [5.41, 5.74) is 3.21. The second-order valence-electron chi connectivity index (χ2n) is 6.37. The summed E-state index contributed by atoms with van der Waals surface area (Å²) in [5, 5.41) is 10.6. The van der Waals surface area contributed by atoms with Gasteiger partial charge in [-0.1, -0.05) is 17.3 Å². The van der Waals surface area contributed by atoms with Gasteiger partial charge in [-0.2, -0.15) is 0 Å². The highest BCUT2D eigenvalue weighted by molar-refractivity contribution is 5.79. The first-order valence-electron chi connectivity index (χ1n) is 8.16. The second kappa shape index (κ2) is 6.63. The van der Waals surface area contributed by atoms with E-state index in [2.05, 4.69) is 20.8 Å². The monoisotopic (exact) mass is 330 g/mol. The summed E-state index contributed by atoms with van der Waals surface area (Å²) in [6.07, 6.45) is 2.21. The Balaban J connectivity index is 1.57. The fourth-order valence-electron chi connectivity index (χ4n) is 2.92. The van der Waals surface area contributed by atoms with Crippen molar-refractivity contribution < 1.29 is 8.91 Å². The number of benzene rings is 1. The standard InChI is InChI=1S/C18H23FN4O/c1-12-16(13(2)24-23-12)10-21-17(20-3)22-11-18(8-9-18)14-4-6-15(19)7-5-14/h4-7H,8-11H2,1-3H3,(H2,20,21,22). The van der Waals surface area contributed by atoms with Crippen LogP contribution in [0.1, 0.15) is 35.4 Å². The van der Waals surface area contributed by atoms with Gasteiger partial charge in [-0.05, 0) is 44.4 Å². The maximum atomic E-state index is 13.1. The molecule has 0 amide bonds. The van der Waals surface area contributed by atoms with Crippen LogP contribution in [0.15, 0.2) is 33.8 Å². The first-order chi connectivity index (χ1) is 11.5. The lowest BCUT2D eigenvalue weighted by atomic mass is 9.96. The van der Waals surface area contributed by atoms with Gasteiger partial charge in [0.1, 0.15) is 11.6 Å². The van der Waals surface area contributed by atoms with Crippen LogP contribution in [0.4, 0.5) is 4.39 Å². The summed E-state index contributed by atoms with van der Waals surface area (Å²) < 4.78 is 18.3. The van der Waals surface area contributed by atoms with Crippen molar-refractivity contribution in [2.24, 2.45) is 4.99 Å². The van der Waals surface area contributed by atoms with Crippen LogP contribution in [0, 0.1) is 19.7 Å². The number of nitrogens with zero attached hydrogens (tertiary/aromatic N) is 2. The van der Waals surface area contributed by atoms with Crippen molar-refractivity contribution in [3.8, 4) is 0 Å². The molecule has 1 heterocycles. The molecular formula is C18H23FN4O. The Kier molecular flexibility index (Phi) is 4.55. The summed E-state index contributed by atoms with van der Waals surface area (Å²) in [7, 11) is 1.75. The van der Waals surface area contributed by atoms with E-state index >= 15 is 0 Å². The number of hydrogen-bond acceptors (Lipinski definition) is 3. The molecule has 0 aliphatic heterocycles. The zero-order chi connectivity index (χ0) is 17.2. The van der Waals surface area contributed by atoms with Crippen LogP contribution >= 0.6 is 0 Å². The Labute approximate surface area is 141 Å². The minimum atomic E-state index is -0.195. The van der Waals surface area contributed by atoms with Gasteiger partial charge in [0.15, 0.2) is 5.96 Å². The second-order valence-corrected chi connectivity index (χ2v) is 6.37. The molecule has 6 heteroatoms. The van der Waals surface area contributed by atoms with Crippen molar-refractivity contribution in [3.63, 3.8) is 0 Å². The van der Waals surface area contributed by atoms with Crippen LogP contribution in [0.2, 0.25) is 0 Å². The average molecular weight is 330 g/mol. The number of nitrogens with one attached hydrogen (secondary N) is 2. The van der Waals surface area contributed by atoms with Crippen LogP contribution in [0.3, 0.4) is 0 Å². The maximum Gasteiger partial charge on any atom is 0.191 e. The fourth-order valence-corrected chi connectivity index (χ4v) is 2.92. The summed E-state index contributed by atoms with van der Waals surface area (Å²) in [6, 6.07) is 6.81. The largest absolute Gasteiger partial charge is 0.361 e. The Morgan fingerprint density at radius 2 is 1.96 bits per heavy atom. The van der Waals surface area contributed by atoms with E-state index in [1.54, 1.807) is 7.05 Å². The van der Waals surface area contributed by atoms with Gasteiger partial charge in [0.2, 0.25) is 0 Å². The van der Waals surface area contributed by atoms with Crippen LogP contribution in [-0.4, -0.2) is 24.7 Å². The van der Waals surface area contributed by atoms with Gasteiger partial charge in [0.05, 0.1) is 5.69 Å². The predicted octanol–water partition coefficient (Wildman–Crippen LogP) is 2.83. The van der Waals surface area contributed by atoms with E-state index in [0.29, 0.717) is 6.54 Å². The Bertz CT molecular complexity index is 712. The number of rotatable bonds is 5. The highest BCUT2D eigenvalue weighted by Gasteiger charge is 2.44. The minimum absolute atomic E-state index is 0.0916. The van der Waals surface area contributed by atoms with E-state index in [-0.39, 0.29) is 11.2 Å². The maximum absolute atomic E-state index is 13.1. The molecule has 0 bridgehead atoms. The van der Waals surface area contributed by atoms with E-state index in [1.165, 1.54) is 17.7 Å². The normalized spacial score (nSPS) is 16.1. The number of hydrogen-bond donors (Lipinski definition) is 2. The van der Waals surface area contributed by atoms with Crippen LogP contribution in [0.25, 0.3) is 0 Å². The molecule has 128 valence electrons. The van der Waals surface area contributed by atoms with Gasteiger partial charge in [0, 0.05) is 31.1 Å². The molecule has 0 spiro atoms. The van der Waals surface area contributed by atoms with Crippen molar-refractivity contribution in [3.05, 3.63) is 52.7 Å². The van der Waals surface area contributed by atoms with E-state index in [0.717, 1.165) is 42.4 Å². The van der Waals surface area contributed by atoms with E-state index < -0.39 is 0 Å². The van der Waals surface area contributed by atoms with Gasteiger partial charge >= 0.3 is 0 Å². The van der Waals surface area contributed by atoms with Gasteiger partial charge in [0.25, 0.3) is 0 Å². The van der Waals surface area contributed by atoms with Gasteiger partial charge < -0.3 is 15.2 Å². The van der Waals surface area contributed by atoms with Gasteiger partial charge in [-0.15, -0.1) is 0 Å². The lowest BCUT2D eigenvalue weighted by Crippen LogP contribution is -2.41. The molecule has 5 nitrogen and oxygen atoms in total. The summed E-state index contributed by atoms with van der Waals surface area (Å²) >= 11 is 0. The molecule has 24 heavy (non-hydrogen) atoms. The third-order valence-corrected chi connectivity index (χ3v) is 4.74. The molecule has 0 radical (unpaired) electrons. The molecular weight excluding hydrogens is 307 g/mol. The molecule has 0 unspecified atom stereocenters. The Morgan fingerprint density at radius 3 is 2.50 bits per heavy atom. The first-order valence-corrected chi connectivity index (χ1v) is 8.16. The van der Waals surface area contributed by atoms with Crippen LogP contribution in [-0.2, 0) is 12.0 Å². The molecule has 0 atom stereocenters. The van der Waals surface area contributed by atoms with E-state index in [1.807, 2.05) is 26.0 Å². The van der Waals surface area contributed by atoms with Gasteiger partial charge in [-0.3, -0.25) is 4.99 Å². The molecule has 1 saturated carbocycles. The summed E-state index contributed by atoms with van der Waals surface area (Å²) in [4.78, 5) is 4.27. The summed E-state index contributed by atoms with van der Waals surface area (Å²) in [6.45, 7) is 5.22. The minimum Gasteiger partial charge on any atom is -0.361 e. The molecule has 1 aliphatic carbocycles. The van der Waals surface area contributed by atoms with Crippen LogP contribution < -0.4 is 10.6 Å². The predicted molar refractivity (Wildman–Crippen MR) is 91.5 cm³/mol. The molecule has 1 aliphatic rings. The molecule has 2 aromatic rings. The molecule has 0 saturated heterocycles. The molecule has 1 aromatic carbocycles. The Hall–Kier alpha value is -2.37. The van der Waals surface area contributed by atoms with Crippen molar-refractivity contribution in [1.82, 2.24) is 15.8 Å². The van der Waals surface area contributed by atoms with Gasteiger partial charge in [-0.25, -0.2) is 4.39 Å². The molecule has 3 rings (SSSR count). The zero-order valence-corrected chi connectivity index (χ0v) is 14.3. The van der Waals surface area contributed by atoms with Crippen LogP contribution in [0.5, 0.6) is 0 Å². The number of halogens is 1. The smallest absolute Gasteiger partial charge is 0.191 e. The summed E-state index contributed by atoms with van der Waals surface area (Å²) in [5.74, 6) is 1.36. The topological polar surface area (TPSA) is 62.5 Å². The first kappa shape index (κ1) is 16.5. The number of aliphatic imine (C=N–C) groups is 1. The fraction of sp³-hybridized carbons (Fsp3) is 0.444. The average Bonchev–Trinajstić information content (AvgIpc) is 3.30. The Morgan fingerprint density at radius 1 is 1.25 bits per heavy atom. The van der Waals surface area contributed by atoms with Crippen molar-refractivity contribution in [2.45, 2.75) is 38.6 Å². The number of guanidine groups is 1. The number of aromatic nitrogens is 1. The van der Waals surface area contributed by atoms with Crippen molar-refractivity contribution in [2.75, 3.05) is 13.6 Å².